The fourth-order valence-corrected chi connectivity index (χ4v) is 1.34. The van der Waals surface area contributed by atoms with Gasteiger partial charge in [-0.2, -0.15) is 5.26 Å². The summed E-state index contributed by atoms with van der Waals surface area (Å²) >= 11 is 0. The predicted molar refractivity (Wildman–Crippen MR) is 64.6 cm³/mol. The van der Waals surface area contributed by atoms with E-state index in [0.29, 0.717) is 0 Å². The summed E-state index contributed by atoms with van der Waals surface area (Å²) in [5.74, 6) is -1.40. The summed E-state index contributed by atoms with van der Waals surface area (Å²) in [5, 5.41) is 8.62. The minimum absolute atomic E-state index is 0.0140. The average molecular weight is 273 g/mol. The summed E-state index contributed by atoms with van der Waals surface area (Å²) in [6.45, 7) is 0. The first-order valence-corrected chi connectivity index (χ1v) is 5.42. The Morgan fingerprint density at radius 1 is 1.35 bits per heavy atom. The van der Waals surface area contributed by atoms with Crippen LogP contribution in [0.5, 0.6) is 11.6 Å². The monoisotopic (exact) mass is 273 g/mol. The van der Waals surface area contributed by atoms with E-state index < -0.39 is 11.8 Å². The number of rotatable bonds is 3. The Bertz CT molecular complexity index is 680. The summed E-state index contributed by atoms with van der Waals surface area (Å²) in [6.07, 6.45) is 2.33. The van der Waals surface area contributed by atoms with Crippen LogP contribution in [-0.2, 0) is 4.74 Å². The summed E-state index contributed by atoms with van der Waals surface area (Å²) in [4.78, 5) is 18.7. The van der Waals surface area contributed by atoms with Crippen molar-refractivity contribution in [1.82, 2.24) is 9.97 Å². The predicted octanol–water partition coefficient (Wildman–Crippen LogP) is 2.07. The zero-order valence-corrected chi connectivity index (χ0v) is 10.3. The first-order valence-electron chi connectivity index (χ1n) is 5.42. The molecule has 0 bridgehead atoms. The van der Waals surface area contributed by atoms with E-state index in [2.05, 4.69) is 14.7 Å². The smallest absolute Gasteiger partial charge is 0.358 e. The molecule has 0 aliphatic heterocycles. The lowest BCUT2D eigenvalue weighted by molar-refractivity contribution is 0.0593. The van der Waals surface area contributed by atoms with Crippen molar-refractivity contribution in [1.29, 1.82) is 5.26 Å². The lowest BCUT2D eigenvalue weighted by Crippen LogP contribution is -2.05. The van der Waals surface area contributed by atoms with E-state index >= 15 is 0 Å². The van der Waals surface area contributed by atoms with Gasteiger partial charge in [-0.1, -0.05) is 0 Å². The van der Waals surface area contributed by atoms with Crippen molar-refractivity contribution in [2.75, 3.05) is 7.11 Å². The van der Waals surface area contributed by atoms with Crippen LogP contribution in [0, 0.1) is 17.1 Å². The Morgan fingerprint density at radius 2 is 2.15 bits per heavy atom. The number of nitriles is 1. The van der Waals surface area contributed by atoms with E-state index in [9.17, 15) is 9.18 Å². The summed E-state index contributed by atoms with van der Waals surface area (Å²) in [6, 6.07) is 5.58. The van der Waals surface area contributed by atoms with Gasteiger partial charge in [0.1, 0.15) is 0 Å². The molecule has 2 aromatic rings. The van der Waals surface area contributed by atoms with Crippen molar-refractivity contribution in [3.63, 3.8) is 0 Å². The highest BCUT2D eigenvalue weighted by molar-refractivity contribution is 5.86. The molecule has 0 radical (unpaired) electrons. The van der Waals surface area contributed by atoms with Crippen LogP contribution >= 0.6 is 0 Å². The highest BCUT2D eigenvalue weighted by atomic mass is 19.1. The molecule has 0 amide bonds. The molecule has 0 spiro atoms. The number of ether oxygens (including phenoxy) is 2. The van der Waals surface area contributed by atoms with Crippen LogP contribution in [0.4, 0.5) is 4.39 Å². The van der Waals surface area contributed by atoms with E-state index in [-0.39, 0.29) is 22.9 Å². The maximum Gasteiger partial charge on any atom is 0.358 e. The van der Waals surface area contributed by atoms with Crippen LogP contribution in [0.25, 0.3) is 0 Å². The normalized spacial score (nSPS) is 9.65. The van der Waals surface area contributed by atoms with E-state index in [1.54, 1.807) is 0 Å². The van der Waals surface area contributed by atoms with Gasteiger partial charge in [-0.3, -0.25) is 0 Å². The van der Waals surface area contributed by atoms with Crippen LogP contribution in [0.3, 0.4) is 0 Å². The SMILES string of the molecule is COC(=O)c1cnc(Oc2ccc(C#N)cc2F)cn1. The summed E-state index contributed by atoms with van der Waals surface area (Å²) < 4.78 is 23.2. The van der Waals surface area contributed by atoms with E-state index in [0.717, 1.165) is 12.3 Å². The Kier molecular flexibility index (Phi) is 3.86. The van der Waals surface area contributed by atoms with Gasteiger partial charge >= 0.3 is 5.97 Å². The van der Waals surface area contributed by atoms with Crippen LogP contribution in [-0.4, -0.2) is 23.0 Å². The molecule has 0 aliphatic rings. The molecule has 100 valence electrons. The lowest BCUT2D eigenvalue weighted by atomic mass is 10.2. The largest absolute Gasteiger partial charge is 0.464 e. The van der Waals surface area contributed by atoms with Gasteiger partial charge in [-0.05, 0) is 18.2 Å². The molecule has 2 rings (SSSR count). The second-order valence-electron chi connectivity index (χ2n) is 3.59. The summed E-state index contributed by atoms with van der Waals surface area (Å²) in [7, 11) is 1.22. The maximum absolute atomic E-state index is 13.6. The zero-order chi connectivity index (χ0) is 14.5. The van der Waals surface area contributed by atoms with Crippen molar-refractivity contribution in [2.24, 2.45) is 0 Å². The van der Waals surface area contributed by atoms with Gasteiger partial charge in [-0.25, -0.2) is 19.2 Å². The van der Waals surface area contributed by atoms with Gasteiger partial charge in [0.2, 0.25) is 5.88 Å². The lowest BCUT2D eigenvalue weighted by Gasteiger charge is -2.05. The Balaban J connectivity index is 2.18. The zero-order valence-electron chi connectivity index (χ0n) is 10.3. The molecule has 7 heteroatoms. The quantitative estimate of drug-likeness (QED) is 0.796. The van der Waals surface area contributed by atoms with Crippen molar-refractivity contribution in [3.8, 4) is 17.7 Å². The average Bonchev–Trinajstić information content (AvgIpc) is 2.49. The molecule has 1 aromatic carbocycles. The molecule has 0 saturated carbocycles. The Labute approximate surface area is 113 Å². The molecule has 0 unspecified atom stereocenters. The minimum atomic E-state index is -0.692. The van der Waals surface area contributed by atoms with Crippen molar-refractivity contribution >= 4 is 5.97 Å². The van der Waals surface area contributed by atoms with Gasteiger partial charge in [-0.15, -0.1) is 0 Å². The number of carbonyl (C=O) groups excluding carboxylic acids is 1. The second-order valence-corrected chi connectivity index (χ2v) is 3.59. The standard InChI is InChI=1S/C13H8FN3O3/c1-19-13(18)10-6-17-12(7-16-10)20-11-3-2-8(5-15)4-9(11)14/h2-4,6-7H,1H3. The van der Waals surface area contributed by atoms with Gasteiger partial charge < -0.3 is 9.47 Å². The van der Waals surface area contributed by atoms with Crippen LogP contribution in [0.1, 0.15) is 16.1 Å². The van der Waals surface area contributed by atoms with Gasteiger partial charge in [0.15, 0.2) is 17.3 Å². The number of aromatic nitrogens is 2. The molecule has 20 heavy (non-hydrogen) atoms. The van der Waals surface area contributed by atoms with Crippen LogP contribution < -0.4 is 4.74 Å². The molecular weight excluding hydrogens is 265 g/mol. The number of halogens is 1. The van der Waals surface area contributed by atoms with Gasteiger partial charge in [0.05, 0.1) is 31.1 Å². The maximum atomic E-state index is 13.6. The molecule has 6 nitrogen and oxygen atoms in total. The van der Waals surface area contributed by atoms with E-state index in [1.807, 2.05) is 6.07 Å². The van der Waals surface area contributed by atoms with Gasteiger partial charge in [0, 0.05) is 0 Å². The highest BCUT2D eigenvalue weighted by Crippen LogP contribution is 2.23. The van der Waals surface area contributed by atoms with E-state index in [4.69, 9.17) is 10.00 Å². The first-order chi connectivity index (χ1) is 9.63. The van der Waals surface area contributed by atoms with Gasteiger partial charge in [0.25, 0.3) is 0 Å². The van der Waals surface area contributed by atoms with Crippen LogP contribution in [0.15, 0.2) is 30.6 Å². The molecule has 0 fully saturated rings. The number of nitrogens with zero attached hydrogens (tertiary/aromatic N) is 3. The van der Waals surface area contributed by atoms with Crippen molar-refractivity contribution in [2.45, 2.75) is 0 Å². The molecule has 1 heterocycles. The highest BCUT2D eigenvalue weighted by Gasteiger charge is 2.10. The Hall–Kier alpha value is -3.01. The van der Waals surface area contributed by atoms with E-state index in [1.165, 1.54) is 25.4 Å². The number of hydrogen-bond donors (Lipinski definition) is 0. The topological polar surface area (TPSA) is 85.1 Å². The third kappa shape index (κ3) is 2.87. The molecule has 0 saturated heterocycles. The van der Waals surface area contributed by atoms with Crippen molar-refractivity contribution in [3.05, 3.63) is 47.7 Å². The molecular formula is C13H8FN3O3. The number of methoxy groups -OCH3 is 1. The van der Waals surface area contributed by atoms with Crippen molar-refractivity contribution < 1.29 is 18.7 Å². The summed E-state index contributed by atoms with van der Waals surface area (Å²) in [5.41, 5.74) is 0.196. The molecule has 0 aliphatic carbocycles. The number of hydrogen-bond acceptors (Lipinski definition) is 6. The minimum Gasteiger partial charge on any atom is -0.464 e. The first kappa shape index (κ1) is 13.4. The second kappa shape index (κ2) is 5.75. The number of carbonyl (C=O) groups is 1. The number of esters is 1. The molecule has 0 atom stereocenters. The fraction of sp³-hybridized carbons (Fsp3) is 0.0769. The number of benzene rings is 1. The molecule has 1 aromatic heterocycles. The fourth-order valence-electron chi connectivity index (χ4n) is 1.34. The molecule has 0 N–H and O–H groups in total. The third-order valence-corrected chi connectivity index (χ3v) is 2.30. The van der Waals surface area contributed by atoms with Crippen LogP contribution in [0.2, 0.25) is 0 Å². The Morgan fingerprint density at radius 3 is 2.70 bits per heavy atom. The third-order valence-electron chi connectivity index (χ3n) is 2.30.